The maximum atomic E-state index is 12.1. The fourth-order valence-corrected chi connectivity index (χ4v) is 3.53. The zero-order valence-electron chi connectivity index (χ0n) is 10.3. The molecule has 1 aliphatic carbocycles. The van der Waals surface area contributed by atoms with Crippen molar-refractivity contribution in [1.82, 2.24) is 10.6 Å². The zero-order chi connectivity index (χ0) is 11.7. The third-order valence-electron chi connectivity index (χ3n) is 4.58. The SMILES string of the molecule is O=C(NCC1CC=CCC1)C1CC2CCC1N2. The Balaban J connectivity index is 1.45. The van der Waals surface area contributed by atoms with Crippen molar-refractivity contribution in [3.63, 3.8) is 0 Å². The second kappa shape index (κ2) is 4.81. The standard InChI is InChI=1S/C14H22N2O/c17-14(12-8-11-6-7-13(12)16-11)15-9-10-4-2-1-3-5-10/h1-2,10-13,16H,3-9H2,(H,15,17). The molecule has 3 heteroatoms. The lowest BCUT2D eigenvalue weighted by atomic mass is 9.88. The molecule has 0 saturated carbocycles. The summed E-state index contributed by atoms with van der Waals surface area (Å²) in [5.74, 6) is 1.20. The summed E-state index contributed by atoms with van der Waals surface area (Å²) in [5, 5.41) is 6.69. The molecule has 3 rings (SSSR count). The number of hydrogen-bond acceptors (Lipinski definition) is 2. The summed E-state index contributed by atoms with van der Waals surface area (Å²) in [6.45, 7) is 0.872. The van der Waals surface area contributed by atoms with Crippen LogP contribution in [0.2, 0.25) is 0 Å². The number of amides is 1. The smallest absolute Gasteiger partial charge is 0.224 e. The van der Waals surface area contributed by atoms with Crippen LogP contribution in [-0.4, -0.2) is 24.5 Å². The molecule has 4 atom stereocenters. The van der Waals surface area contributed by atoms with E-state index in [1.807, 2.05) is 0 Å². The van der Waals surface area contributed by atoms with Crippen LogP contribution in [-0.2, 0) is 4.79 Å². The average molecular weight is 234 g/mol. The van der Waals surface area contributed by atoms with E-state index in [2.05, 4.69) is 22.8 Å². The Labute approximate surface area is 103 Å². The van der Waals surface area contributed by atoms with Crippen LogP contribution in [0.4, 0.5) is 0 Å². The highest BCUT2D eigenvalue weighted by Gasteiger charge is 2.42. The first kappa shape index (κ1) is 11.3. The highest BCUT2D eigenvalue weighted by Crippen LogP contribution is 2.33. The molecule has 2 aliphatic heterocycles. The molecular weight excluding hydrogens is 212 g/mol. The van der Waals surface area contributed by atoms with E-state index in [9.17, 15) is 4.79 Å². The molecule has 0 aromatic carbocycles. The van der Waals surface area contributed by atoms with Crippen molar-refractivity contribution in [1.29, 1.82) is 0 Å². The number of carbonyl (C=O) groups excluding carboxylic acids is 1. The predicted molar refractivity (Wildman–Crippen MR) is 67.5 cm³/mol. The Morgan fingerprint density at radius 1 is 1.29 bits per heavy atom. The molecule has 2 bridgehead atoms. The Bertz CT molecular complexity index is 326. The number of allylic oxidation sites excluding steroid dienone is 2. The van der Waals surface area contributed by atoms with Crippen molar-refractivity contribution in [2.75, 3.05) is 6.54 Å². The van der Waals surface area contributed by atoms with Gasteiger partial charge in [-0.1, -0.05) is 12.2 Å². The van der Waals surface area contributed by atoms with Crippen LogP contribution in [0.5, 0.6) is 0 Å². The summed E-state index contributed by atoms with van der Waals surface area (Å²) in [6, 6.07) is 1.08. The third kappa shape index (κ3) is 2.39. The number of hydrogen-bond donors (Lipinski definition) is 2. The van der Waals surface area contributed by atoms with Gasteiger partial charge in [0.15, 0.2) is 0 Å². The van der Waals surface area contributed by atoms with Crippen LogP contribution in [0.3, 0.4) is 0 Å². The first-order valence-corrected chi connectivity index (χ1v) is 7.01. The van der Waals surface area contributed by atoms with Gasteiger partial charge in [0, 0.05) is 18.6 Å². The van der Waals surface area contributed by atoms with E-state index in [0.29, 0.717) is 23.9 Å². The summed E-state index contributed by atoms with van der Waals surface area (Å²) in [4.78, 5) is 12.1. The summed E-state index contributed by atoms with van der Waals surface area (Å²) in [7, 11) is 0. The lowest BCUT2D eigenvalue weighted by Crippen LogP contribution is -2.39. The van der Waals surface area contributed by atoms with Crippen molar-refractivity contribution in [2.45, 2.75) is 50.6 Å². The van der Waals surface area contributed by atoms with Gasteiger partial charge in [0.1, 0.15) is 0 Å². The molecule has 2 heterocycles. The Hall–Kier alpha value is -0.830. The molecule has 4 unspecified atom stereocenters. The van der Waals surface area contributed by atoms with Crippen molar-refractivity contribution in [2.24, 2.45) is 11.8 Å². The number of fused-ring (bicyclic) bond motifs is 2. The van der Waals surface area contributed by atoms with E-state index in [-0.39, 0.29) is 5.92 Å². The highest BCUT2D eigenvalue weighted by atomic mass is 16.1. The number of rotatable bonds is 3. The molecule has 17 heavy (non-hydrogen) atoms. The first-order chi connectivity index (χ1) is 8.33. The first-order valence-electron chi connectivity index (χ1n) is 7.01. The molecular formula is C14H22N2O. The van der Waals surface area contributed by atoms with Gasteiger partial charge in [-0.05, 0) is 44.4 Å². The molecule has 0 spiro atoms. The highest BCUT2D eigenvalue weighted by molar-refractivity contribution is 5.80. The summed E-state index contributed by atoms with van der Waals surface area (Å²) in [5.41, 5.74) is 0. The molecule has 0 aromatic rings. The Morgan fingerprint density at radius 3 is 2.88 bits per heavy atom. The minimum absolute atomic E-state index is 0.243. The molecule has 2 fully saturated rings. The van der Waals surface area contributed by atoms with E-state index in [1.165, 1.54) is 25.7 Å². The molecule has 0 aromatic heterocycles. The van der Waals surface area contributed by atoms with Crippen LogP contribution in [0.15, 0.2) is 12.2 Å². The van der Waals surface area contributed by atoms with E-state index in [0.717, 1.165) is 19.4 Å². The average Bonchev–Trinajstić information content (AvgIpc) is 2.99. The van der Waals surface area contributed by atoms with E-state index in [4.69, 9.17) is 0 Å². The van der Waals surface area contributed by atoms with Crippen molar-refractivity contribution in [3.8, 4) is 0 Å². The third-order valence-corrected chi connectivity index (χ3v) is 4.58. The Kier molecular flexibility index (Phi) is 3.19. The maximum absolute atomic E-state index is 12.1. The molecule has 2 N–H and O–H groups in total. The summed E-state index contributed by atoms with van der Waals surface area (Å²) < 4.78 is 0. The van der Waals surface area contributed by atoms with Crippen molar-refractivity contribution < 1.29 is 4.79 Å². The van der Waals surface area contributed by atoms with E-state index < -0.39 is 0 Å². The second-order valence-corrected chi connectivity index (χ2v) is 5.79. The monoisotopic (exact) mass is 234 g/mol. The molecule has 94 valence electrons. The van der Waals surface area contributed by atoms with Gasteiger partial charge < -0.3 is 10.6 Å². The van der Waals surface area contributed by atoms with Gasteiger partial charge >= 0.3 is 0 Å². The van der Waals surface area contributed by atoms with Gasteiger partial charge in [-0.2, -0.15) is 0 Å². The quantitative estimate of drug-likeness (QED) is 0.728. The van der Waals surface area contributed by atoms with E-state index >= 15 is 0 Å². The lowest BCUT2D eigenvalue weighted by Gasteiger charge is -2.22. The zero-order valence-corrected chi connectivity index (χ0v) is 10.3. The molecule has 1 amide bonds. The number of nitrogens with one attached hydrogen (secondary N) is 2. The maximum Gasteiger partial charge on any atom is 0.224 e. The number of carbonyl (C=O) groups is 1. The normalized spacial score (nSPS) is 39.5. The fraction of sp³-hybridized carbons (Fsp3) is 0.786. The predicted octanol–water partition coefficient (Wildman–Crippen LogP) is 1.60. The van der Waals surface area contributed by atoms with Gasteiger partial charge in [-0.25, -0.2) is 0 Å². The fourth-order valence-electron chi connectivity index (χ4n) is 3.53. The van der Waals surface area contributed by atoms with Gasteiger partial charge in [-0.15, -0.1) is 0 Å². The minimum Gasteiger partial charge on any atom is -0.356 e. The molecule has 2 saturated heterocycles. The van der Waals surface area contributed by atoms with Crippen LogP contribution >= 0.6 is 0 Å². The minimum atomic E-state index is 0.243. The second-order valence-electron chi connectivity index (χ2n) is 5.79. The molecule has 3 aliphatic rings. The summed E-state index contributed by atoms with van der Waals surface area (Å²) in [6.07, 6.45) is 11.5. The summed E-state index contributed by atoms with van der Waals surface area (Å²) >= 11 is 0. The van der Waals surface area contributed by atoms with Crippen LogP contribution < -0.4 is 10.6 Å². The molecule has 3 nitrogen and oxygen atoms in total. The van der Waals surface area contributed by atoms with Gasteiger partial charge in [0.05, 0.1) is 5.92 Å². The van der Waals surface area contributed by atoms with Crippen LogP contribution in [0, 0.1) is 11.8 Å². The Morgan fingerprint density at radius 2 is 2.24 bits per heavy atom. The molecule has 0 radical (unpaired) electrons. The van der Waals surface area contributed by atoms with Gasteiger partial charge in [0.25, 0.3) is 0 Å². The topological polar surface area (TPSA) is 41.1 Å². The lowest BCUT2D eigenvalue weighted by molar-refractivity contribution is -0.125. The largest absolute Gasteiger partial charge is 0.356 e. The van der Waals surface area contributed by atoms with Crippen LogP contribution in [0.1, 0.15) is 38.5 Å². The van der Waals surface area contributed by atoms with E-state index in [1.54, 1.807) is 0 Å². The van der Waals surface area contributed by atoms with Crippen LogP contribution in [0.25, 0.3) is 0 Å². The van der Waals surface area contributed by atoms with Gasteiger partial charge in [0.2, 0.25) is 5.91 Å². The van der Waals surface area contributed by atoms with Crippen molar-refractivity contribution >= 4 is 5.91 Å². The van der Waals surface area contributed by atoms with Crippen molar-refractivity contribution in [3.05, 3.63) is 12.2 Å². The van der Waals surface area contributed by atoms with Gasteiger partial charge in [-0.3, -0.25) is 4.79 Å².